The zero-order valence-electron chi connectivity index (χ0n) is 11.9. The Hall–Kier alpha value is -1.52. The average molecular weight is 381 g/mol. The van der Waals surface area contributed by atoms with Crippen LogP contribution in [0.25, 0.3) is 0 Å². The molecular weight excluding hydrogens is 370 g/mol. The Balaban J connectivity index is 2.29. The van der Waals surface area contributed by atoms with Gasteiger partial charge >= 0.3 is 0 Å². The predicted octanol–water partition coefficient (Wildman–Crippen LogP) is 3.03. The van der Waals surface area contributed by atoms with Gasteiger partial charge in [0.2, 0.25) is 21.3 Å². The molecule has 0 aliphatic carbocycles. The Kier molecular flexibility index (Phi) is 5.37. The molecule has 0 amide bonds. The van der Waals surface area contributed by atoms with E-state index in [0.717, 1.165) is 30.2 Å². The highest BCUT2D eigenvalue weighted by molar-refractivity contribution is 7.99. The van der Waals surface area contributed by atoms with Gasteiger partial charge in [-0.05, 0) is 30.7 Å². The number of sulfonamides is 1. The summed E-state index contributed by atoms with van der Waals surface area (Å²) in [7, 11) is -3.60. The minimum atomic E-state index is -3.60. The molecule has 0 aliphatic heterocycles. The quantitative estimate of drug-likeness (QED) is 0.802. The van der Waals surface area contributed by atoms with Crippen molar-refractivity contribution in [1.82, 2.24) is 15.0 Å². The highest BCUT2D eigenvalue weighted by atomic mass is 35.5. The van der Waals surface area contributed by atoms with Gasteiger partial charge in [-0.2, -0.15) is 15.0 Å². The van der Waals surface area contributed by atoms with Crippen molar-refractivity contribution >= 4 is 39.3 Å². The van der Waals surface area contributed by atoms with Gasteiger partial charge in [-0.25, -0.2) is 17.2 Å². The van der Waals surface area contributed by atoms with Crippen LogP contribution in [-0.4, -0.2) is 29.6 Å². The molecule has 1 aromatic heterocycles. The van der Waals surface area contributed by atoms with E-state index in [2.05, 4.69) is 19.7 Å². The molecule has 0 spiro atoms. The largest absolute Gasteiger partial charge is 0.251 e. The van der Waals surface area contributed by atoms with E-state index in [-0.39, 0.29) is 22.0 Å². The Morgan fingerprint density at radius 1 is 1.22 bits per heavy atom. The third-order valence-electron chi connectivity index (χ3n) is 2.55. The molecule has 1 N–H and O–H groups in total. The molecule has 0 aliphatic rings. The number of benzene rings is 1. The fourth-order valence-electron chi connectivity index (χ4n) is 1.71. The molecule has 1 aromatic carbocycles. The van der Waals surface area contributed by atoms with Gasteiger partial charge in [0.05, 0.1) is 6.26 Å². The molecule has 124 valence electrons. The molecule has 11 heteroatoms. The first-order chi connectivity index (χ1) is 10.7. The van der Waals surface area contributed by atoms with Crippen molar-refractivity contribution in [3.05, 3.63) is 40.7 Å². The lowest BCUT2D eigenvalue weighted by Gasteiger charge is -2.13. The molecule has 1 unspecified atom stereocenters. The molecule has 2 rings (SSSR count). The van der Waals surface area contributed by atoms with Crippen LogP contribution in [0.2, 0.25) is 5.28 Å². The van der Waals surface area contributed by atoms with Gasteiger partial charge in [0, 0.05) is 10.8 Å². The number of hydrogen-bond donors (Lipinski definition) is 1. The summed E-state index contributed by atoms with van der Waals surface area (Å²) < 4.78 is 52.0. The Labute approximate surface area is 140 Å². The van der Waals surface area contributed by atoms with E-state index in [1.807, 2.05) is 0 Å². The van der Waals surface area contributed by atoms with Crippen molar-refractivity contribution in [2.45, 2.75) is 17.3 Å². The molecule has 6 nitrogen and oxygen atoms in total. The van der Waals surface area contributed by atoms with Crippen LogP contribution in [0, 0.1) is 11.6 Å². The van der Waals surface area contributed by atoms with Crippen molar-refractivity contribution < 1.29 is 17.2 Å². The molecule has 0 saturated carbocycles. The van der Waals surface area contributed by atoms with Gasteiger partial charge < -0.3 is 0 Å². The van der Waals surface area contributed by atoms with Gasteiger partial charge in [0.1, 0.15) is 11.6 Å². The Morgan fingerprint density at radius 2 is 1.83 bits per heavy atom. The van der Waals surface area contributed by atoms with Gasteiger partial charge in [-0.3, -0.25) is 4.72 Å². The molecule has 0 bridgehead atoms. The maximum Gasteiger partial charge on any atom is 0.241 e. The fourth-order valence-corrected chi connectivity index (χ4v) is 3.28. The third-order valence-corrected chi connectivity index (χ3v) is 4.26. The molecular formula is C12H11ClF2N4O2S2. The normalized spacial score (nSPS) is 12.9. The summed E-state index contributed by atoms with van der Waals surface area (Å²) in [6.45, 7) is 1.56. The van der Waals surface area contributed by atoms with Crippen LogP contribution >= 0.6 is 23.4 Å². The molecule has 1 heterocycles. The standard InChI is InChI=1S/C12H11ClF2N4O2S2/c1-6(9-7(14)4-3-5-8(9)15)22-12-17-10(13)16-11(18-12)19-23(2,20)21/h3-6H,1-2H3,(H,16,17,18,19). The second-order valence-corrected chi connectivity index (χ2v) is 7.87. The fraction of sp³-hybridized carbons (Fsp3) is 0.250. The van der Waals surface area contributed by atoms with Crippen molar-refractivity contribution in [2.24, 2.45) is 0 Å². The molecule has 0 fully saturated rings. The number of nitrogens with zero attached hydrogens (tertiary/aromatic N) is 3. The van der Waals surface area contributed by atoms with Crippen LogP contribution in [0.15, 0.2) is 23.4 Å². The topological polar surface area (TPSA) is 84.8 Å². The first-order valence-electron chi connectivity index (χ1n) is 6.15. The number of hydrogen-bond acceptors (Lipinski definition) is 6. The third kappa shape index (κ3) is 4.98. The van der Waals surface area contributed by atoms with Gasteiger partial charge in [0.25, 0.3) is 0 Å². The average Bonchev–Trinajstić information content (AvgIpc) is 2.35. The smallest absolute Gasteiger partial charge is 0.241 e. The highest BCUT2D eigenvalue weighted by Crippen LogP contribution is 2.36. The SMILES string of the molecule is CC(Sc1nc(Cl)nc(NS(C)(=O)=O)n1)c1c(F)cccc1F. The summed E-state index contributed by atoms with van der Waals surface area (Å²) in [6, 6.07) is 3.55. The van der Waals surface area contributed by atoms with Crippen molar-refractivity contribution in [1.29, 1.82) is 0 Å². The first kappa shape index (κ1) is 17.8. The van der Waals surface area contributed by atoms with Crippen LogP contribution in [0.1, 0.15) is 17.7 Å². The van der Waals surface area contributed by atoms with Gasteiger partial charge in [0.15, 0.2) is 5.16 Å². The van der Waals surface area contributed by atoms with Crippen LogP contribution in [0.5, 0.6) is 0 Å². The van der Waals surface area contributed by atoms with Crippen molar-refractivity contribution in [3.8, 4) is 0 Å². The Bertz CT molecular complexity index is 816. The molecule has 23 heavy (non-hydrogen) atoms. The minimum absolute atomic E-state index is 0.0336. The van der Waals surface area contributed by atoms with E-state index in [1.54, 1.807) is 6.92 Å². The highest BCUT2D eigenvalue weighted by Gasteiger charge is 2.19. The molecule has 0 saturated heterocycles. The van der Waals surface area contributed by atoms with E-state index in [1.165, 1.54) is 6.07 Å². The summed E-state index contributed by atoms with van der Waals surface area (Å²) in [5.41, 5.74) is -0.133. The van der Waals surface area contributed by atoms with Gasteiger partial charge in [-0.1, -0.05) is 17.8 Å². The zero-order chi connectivity index (χ0) is 17.2. The van der Waals surface area contributed by atoms with Gasteiger partial charge in [-0.15, -0.1) is 0 Å². The van der Waals surface area contributed by atoms with Crippen LogP contribution in [0.4, 0.5) is 14.7 Å². The second kappa shape index (κ2) is 6.93. The van der Waals surface area contributed by atoms with Crippen molar-refractivity contribution in [2.75, 3.05) is 11.0 Å². The number of nitrogens with one attached hydrogen (secondary N) is 1. The second-order valence-electron chi connectivity index (χ2n) is 4.48. The molecule has 2 aromatic rings. The summed E-state index contributed by atoms with van der Waals surface area (Å²) >= 11 is 6.63. The lowest BCUT2D eigenvalue weighted by atomic mass is 10.1. The molecule has 0 radical (unpaired) electrons. The summed E-state index contributed by atoms with van der Waals surface area (Å²) in [5, 5.41) is -0.873. The van der Waals surface area contributed by atoms with E-state index in [4.69, 9.17) is 11.6 Å². The zero-order valence-corrected chi connectivity index (χ0v) is 14.3. The van der Waals surface area contributed by atoms with Crippen LogP contribution in [-0.2, 0) is 10.0 Å². The van der Waals surface area contributed by atoms with E-state index < -0.39 is 26.9 Å². The van der Waals surface area contributed by atoms with Crippen LogP contribution < -0.4 is 4.72 Å². The van der Waals surface area contributed by atoms with E-state index in [0.29, 0.717) is 0 Å². The summed E-state index contributed by atoms with van der Waals surface area (Å²) in [5.74, 6) is -1.66. The van der Waals surface area contributed by atoms with E-state index >= 15 is 0 Å². The lowest BCUT2D eigenvalue weighted by Crippen LogP contribution is -2.13. The number of aromatic nitrogens is 3. The number of anilines is 1. The maximum atomic E-state index is 13.8. The number of halogens is 3. The van der Waals surface area contributed by atoms with Crippen LogP contribution in [0.3, 0.4) is 0 Å². The monoisotopic (exact) mass is 380 g/mol. The minimum Gasteiger partial charge on any atom is -0.251 e. The predicted molar refractivity (Wildman–Crippen MR) is 83.9 cm³/mol. The van der Waals surface area contributed by atoms with Crippen molar-refractivity contribution in [3.63, 3.8) is 0 Å². The van der Waals surface area contributed by atoms with E-state index in [9.17, 15) is 17.2 Å². The lowest BCUT2D eigenvalue weighted by molar-refractivity contribution is 0.557. The first-order valence-corrected chi connectivity index (χ1v) is 9.30. The molecule has 1 atom stereocenters. The Morgan fingerprint density at radius 3 is 2.39 bits per heavy atom. The number of rotatable bonds is 5. The number of thioether (sulfide) groups is 1. The maximum absolute atomic E-state index is 13.8. The summed E-state index contributed by atoms with van der Waals surface area (Å²) in [6.07, 6.45) is 0.925. The summed E-state index contributed by atoms with van der Waals surface area (Å²) in [4.78, 5) is 11.3.